The number of nitrogens with two attached hydrogens (primary N) is 1. The summed E-state index contributed by atoms with van der Waals surface area (Å²) in [4.78, 5) is 42.4. The average Bonchev–Trinajstić information content (AvgIpc) is 2.85. The van der Waals surface area contributed by atoms with Crippen LogP contribution in [0.25, 0.3) is 11.3 Å². The van der Waals surface area contributed by atoms with Crippen LogP contribution in [0.5, 0.6) is 11.5 Å². The fourth-order valence-electron chi connectivity index (χ4n) is 3.93. The quantitative estimate of drug-likeness (QED) is 0.497. The van der Waals surface area contributed by atoms with Crippen molar-refractivity contribution in [3.8, 4) is 22.8 Å². The summed E-state index contributed by atoms with van der Waals surface area (Å²) in [6, 6.07) is 14.0. The number of Topliss-reactive ketones (excluding diaryl/α,β-unsaturated/α-hetero) is 1. The van der Waals surface area contributed by atoms with Gasteiger partial charge in [0.05, 0.1) is 16.8 Å². The number of ketones is 1. The molecule has 186 valence electrons. The molecular formula is C26H22F3N3O4. The van der Waals surface area contributed by atoms with Crippen LogP contribution in [0.4, 0.5) is 13.2 Å². The van der Waals surface area contributed by atoms with E-state index in [-0.39, 0.29) is 35.1 Å². The van der Waals surface area contributed by atoms with Gasteiger partial charge in [0, 0.05) is 31.5 Å². The van der Waals surface area contributed by atoms with Crippen LogP contribution < -0.4 is 10.5 Å². The van der Waals surface area contributed by atoms with E-state index in [9.17, 15) is 27.6 Å². The number of hydrogen-bond donors (Lipinski definition) is 1. The molecule has 1 aliphatic heterocycles. The fraction of sp³-hybridized carbons (Fsp3) is 0.231. The first kappa shape index (κ1) is 24.9. The molecule has 0 saturated carbocycles. The van der Waals surface area contributed by atoms with Crippen molar-refractivity contribution in [2.45, 2.75) is 19.0 Å². The van der Waals surface area contributed by atoms with Crippen LogP contribution in [0.15, 0.2) is 60.7 Å². The Labute approximate surface area is 204 Å². The summed E-state index contributed by atoms with van der Waals surface area (Å²) in [6.45, 7) is 0.344. The van der Waals surface area contributed by atoms with Gasteiger partial charge in [-0.15, -0.1) is 0 Å². The maximum absolute atomic E-state index is 13.4. The van der Waals surface area contributed by atoms with E-state index in [1.54, 1.807) is 43.4 Å². The van der Waals surface area contributed by atoms with Gasteiger partial charge in [0.15, 0.2) is 5.78 Å². The van der Waals surface area contributed by atoms with Crippen LogP contribution in [0.1, 0.15) is 39.3 Å². The maximum atomic E-state index is 13.4. The number of piperidine rings is 1. The van der Waals surface area contributed by atoms with Crippen LogP contribution in [-0.2, 0) is 11.0 Å². The van der Waals surface area contributed by atoms with E-state index in [1.165, 1.54) is 11.0 Å². The van der Waals surface area contributed by atoms with E-state index in [4.69, 9.17) is 10.5 Å². The molecule has 0 radical (unpaired) electrons. The summed E-state index contributed by atoms with van der Waals surface area (Å²) >= 11 is 0. The van der Waals surface area contributed by atoms with Gasteiger partial charge in [0.1, 0.15) is 17.2 Å². The lowest BCUT2D eigenvalue weighted by Crippen LogP contribution is -2.38. The van der Waals surface area contributed by atoms with Gasteiger partial charge in [0.25, 0.3) is 5.91 Å². The van der Waals surface area contributed by atoms with Crippen molar-refractivity contribution in [3.05, 3.63) is 77.5 Å². The van der Waals surface area contributed by atoms with Crippen LogP contribution in [-0.4, -0.2) is 41.1 Å². The van der Waals surface area contributed by atoms with E-state index < -0.39 is 29.3 Å². The minimum Gasteiger partial charge on any atom is -0.457 e. The Morgan fingerprint density at radius 2 is 1.81 bits per heavy atom. The zero-order chi connectivity index (χ0) is 26.0. The SMILES string of the molecule is CN1CCC(C(=O)c2cc(C(F)(F)F)ccc2Oc2ccc(-c3cccc(C(N)=O)n3)cc2)CC1=O. The van der Waals surface area contributed by atoms with E-state index in [0.717, 1.165) is 18.2 Å². The lowest BCUT2D eigenvalue weighted by Gasteiger charge is -2.28. The van der Waals surface area contributed by atoms with Crippen LogP contribution >= 0.6 is 0 Å². The molecule has 7 nitrogen and oxygen atoms in total. The van der Waals surface area contributed by atoms with Gasteiger partial charge in [-0.25, -0.2) is 4.98 Å². The number of likely N-dealkylation sites (tertiary alicyclic amines) is 1. The second-order valence-electron chi connectivity index (χ2n) is 8.48. The highest BCUT2D eigenvalue weighted by molar-refractivity contribution is 6.02. The molecule has 2 heterocycles. The zero-order valence-corrected chi connectivity index (χ0v) is 19.2. The number of aromatic nitrogens is 1. The molecule has 0 spiro atoms. The number of carbonyl (C=O) groups is 3. The van der Waals surface area contributed by atoms with E-state index in [0.29, 0.717) is 24.2 Å². The largest absolute Gasteiger partial charge is 0.457 e. The van der Waals surface area contributed by atoms with Gasteiger partial charge in [-0.1, -0.05) is 6.07 Å². The number of benzene rings is 2. The predicted octanol–water partition coefficient (Wildman–Crippen LogP) is 4.71. The van der Waals surface area contributed by atoms with Crippen molar-refractivity contribution in [1.82, 2.24) is 9.88 Å². The molecule has 1 aromatic heterocycles. The van der Waals surface area contributed by atoms with Gasteiger partial charge < -0.3 is 15.4 Å². The predicted molar refractivity (Wildman–Crippen MR) is 124 cm³/mol. The number of hydrogen-bond acceptors (Lipinski definition) is 5. The molecule has 36 heavy (non-hydrogen) atoms. The van der Waals surface area contributed by atoms with Gasteiger partial charge in [-0.05, 0) is 61.0 Å². The highest BCUT2D eigenvalue weighted by Crippen LogP contribution is 2.36. The monoisotopic (exact) mass is 497 g/mol. The Balaban J connectivity index is 1.63. The Morgan fingerprint density at radius 1 is 1.08 bits per heavy atom. The number of halogens is 3. The van der Waals surface area contributed by atoms with Gasteiger partial charge in [0.2, 0.25) is 5.91 Å². The molecule has 10 heteroatoms. The first-order chi connectivity index (χ1) is 17.0. The summed E-state index contributed by atoms with van der Waals surface area (Å²) in [5, 5.41) is 0. The lowest BCUT2D eigenvalue weighted by molar-refractivity contribution is -0.137. The van der Waals surface area contributed by atoms with Crippen molar-refractivity contribution in [1.29, 1.82) is 0 Å². The first-order valence-corrected chi connectivity index (χ1v) is 11.1. The smallest absolute Gasteiger partial charge is 0.416 e. The van der Waals surface area contributed by atoms with E-state index >= 15 is 0 Å². The number of ether oxygens (including phenoxy) is 1. The fourth-order valence-corrected chi connectivity index (χ4v) is 3.93. The first-order valence-electron chi connectivity index (χ1n) is 11.1. The Morgan fingerprint density at radius 3 is 2.44 bits per heavy atom. The number of rotatable bonds is 6. The normalized spacial score (nSPS) is 16.1. The molecule has 3 aromatic rings. The molecule has 0 aliphatic carbocycles. The second kappa shape index (κ2) is 9.80. The number of alkyl halides is 3. The zero-order valence-electron chi connectivity index (χ0n) is 19.2. The molecule has 1 aliphatic rings. The minimum atomic E-state index is -4.65. The summed E-state index contributed by atoms with van der Waals surface area (Å²) in [5.41, 5.74) is 5.32. The molecule has 1 unspecified atom stereocenters. The third-order valence-electron chi connectivity index (χ3n) is 5.98. The van der Waals surface area contributed by atoms with Crippen molar-refractivity contribution in [2.75, 3.05) is 13.6 Å². The highest BCUT2D eigenvalue weighted by Gasteiger charge is 2.35. The Bertz CT molecular complexity index is 1320. The number of primary amides is 1. The number of nitrogens with zero attached hydrogens (tertiary/aromatic N) is 2. The van der Waals surface area contributed by atoms with Crippen molar-refractivity contribution in [2.24, 2.45) is 11.7 Å². The molecule has 1 atom stereocenters. The van der Waals surface area contributed by atoms with E-state index in [1.807, 2.05) is 0 Å². The molecule has 1 saturated heterocycles. The summed E-state index contributed by atoms with van der Waals surface area (Å²) in [5.74, 6) is -1.97. The number of pyridine rings is 1. The summed E-state index contributed by atoms with van der Waals surface area (Å²) in [6.07, 6.45) is -4.37. The Kier molecular flexibility index (Phi) is 6.78. The Hall–Kier alpha value is -4.21. The van der Waals surface area contributed by atoms with Gasteiger partial charge >= 0.3 is 6.18 Å². The lowest BCUT2D eigenvalue weighted by atomic mass is 9.87. The van der Waals surface area contributed by atoms with Crippen LogP contribution in [0, 0.1) is 5.92 Å². The van der Waals surface area contributed by atoms with Crippen molar-refractivity contribution >= 4 is 17.6 Å². The highest BCUT2D eigenvalue weighted by atomic mass is 19.4. The van der Waals surface area contributed by atoms with Gasteiger partial charge in [-0.2, -0.15) is 13.2 Å². The molecule has 2 N–H and O–H groups in total. The molecule has 1 fully saturated rings. The topological polar surface area (TPSA) is 103 Å². The second-order valence-corrected chi connectivity index (χ2v) is 8.48. The van der Waals surface area contributed by atoms with Crippen molar-refractivity contribution < 1.29 is 32.3 Å². The van der Waals surface area contributed by atoms with Crippen molar-refractivity contribution in [3.63, 3.8) is 0 Å². The third kappa shape index (κ3) is 5.37. The average molecular weight is 497 g/mol. The molecule has 2 amide bonds. The van der Waals surface area contributed by atoms with Gasteiger partial charge in [-0.3, -0.25) is 14.4 Å². The molecule has 4 rings (SSSR count). The maximum Gasteiger partial charge on any atom is 0.416 e. The standard InChI is InChI=1S/C26H22F3N3O4/c1-32-12-11-16(13-23(32)33)24(34)19-14-17(26(27,28)29)7-10-22(19)36-18-8-5-15(6-9-18)20-3-2-4-21(31-20)25(30)35/h2-10,14,16H,11-13H2,1H3,(H2,30,35). The molecule has 0 bridgehead atoms. The third-order valence-corrected chi connectivity index (χ3v) is 5.98. The number of amides is 2. The van der Waals surface area contributed by atoms with Crippen LogP contribution in [0.3, 0.4) is 0 Å². The summed E-state index contributed by atoms with van der Waals surface area (Å²) < 4.78 is 46.0. The van der Waals surface area contributed by atoms with E-state index in [2.05, 4.69) is 4.98 Å². The molecular weight excluding hydrogens is 475 g/mol. The summed E-state index contributed by atoms with van der Waals surface area (Å²) in [7, 11) is 1.62. The number of carbonyl (C=O) groups excluding carboxylic acids is 3. The van der Waals surface area contributed by atoms with Crippen LogP contribution in [0.2, 0.25) is 0 Å². The molecule has 2 aromatic carbocycles. The minimum absolute atomic E-state index is 0.0408.